The number of aliphatic carboxylic acids is 1. The first-order chi connectivity index (χ1) is 13.5. The maximum absolute atomic E-state index is 11.4. The van der Waals surface area contributed by atoms with Crippen LogP contribution in [0.5, 0.6) is 5.75 Å². The van der Waals surface area contributed by atoms with Crippen molar-refractivity contribution in [2.75, 3.05) is 5.75 Å². The van der Waals surface area contributed by atoms with Gasteiger partial charge in [0.05, 0.1) is 15.4 Å². The standard InChI is InChI=1S/C21H17Cl2NO3S/c22-15-7-5-12(9-16(15)23)10-27-18-8-6-13-3-1-2-4-14(13)19(18)20-24-17(11-28-20)21(25)26/h1-9,17,20,24H,10-11H2,(H,25,26). The second-order valence-corrected chi connectivity index (χ2v) is 8.46. The molecule has 1 aliphatic rings. The van der Waals surface area contributed by atoms with Gasteiger partial charge in [-0.05, 0) is 34.5 Å². The van der Waals surface area contributed by atoms with Crippen LogP contribution in [0.25, 0.3) is 10.8 Å². The predicted molar refractivity (Wildman–Crippen MR) is 115 cm³/mol. The van der Waals surface area contributed by atoms with Crippen molar-refractivity contribution in [2.45, 2.75) is 18.0 Å². The molecule has 0 amide bonds. The molecule has 7 heteroatoms. The van der Waals surface area contributed by atoms with Crippen molar-refractivity contribution >= 4 is 51.7 Å². The predicted octanol–water partition coefficient (Wildman–Crippen LogP) is 5.51. The summed E-state index contributed by atoms with van der Waals surface area (Å²) in [5.41, 5.74) is 1.87. The molecule has 3 aromatic carbocycles. The molecule has 2 N–H and O–H groups in total. The summed E-state index contributed by atoms with van der Waals surface area (Å²) in [6.07, 6.45) is 0. The fourth-order valence-corrected chi connectivity index (χ4v) is 4.86. The molecule has 0 radical (unpaired) electrons. The molecule has 0 spiro atoms. The third-order valence-electron chi connectivity index (χ3n) is 4.65. The molecule has 2 unspecified atom stereocenters. The van der Waals surface area contributed by atoms with Gasteiger partial charge in [-0.25, -0.2) is 0 Å². The molecule has 1 aliphatic heterocycles. The lowest BCUT2D eigenvalue weighted by atomic mass is 10.0. The number of carboxylic acids is 1. The quantitative estimate of drug-likeness (QED) is 0.554. The van der Waals surface area contributed by atoms with Gasteiger partial charge in [-0.1, -0.05) is 59.6 Å². The summed E-state index contributed by atoms with van der Waals surface area (Å²) in [5, 5.41) is 15.5. The van der Waals surface area contributed by atoms with Crippen LogP contribution in [0.3, 0.4) is 0 Å². The van der Waals surface area contributed by atoms with E-state index in [1.54, 1.807) is 23.9 Å². The summed E-state index contributed by atoms with van der Waals surface area (Å²) in [5.74, 6) is 0.393. The molecule has 28 heavy (non-hydrogen) atoms. The fraction of sp³-hybridized carbons (Fsp3) is 0.190. The number of fused-ring (bicyclic) bond motifs is 1. The molecular weight excluding hydrogens is 417 g/mol. The minimum absolute atomic E-state index is 0.156. The number of ether oxygens (including phenoxy) is 1. The van der Waals surface area contributed by atoms with E-state index in [2.05, 4.69) is 5.32 Å². The van der Waals surface area contributed by atoms with Gasteiger partial charge in [0.25, 0.3) is 0 Å². The lowest BCUT2D eigenvalue weighted by Gasteiger charge is -2.19. The summed E-state index contributed by atoms with van der Waals surface area (Å²) in [6, 6.07) is 16.8. The van der Waals surface area contributed by atoms with Crippen LogP contribution >= 0.6 is 35.0 Å². The van der Waals surface area contributed by atoms with Gasteiger partial charge in [0, 0.05) is 11.3 Å². The summed E-state index contributed by atoms with van der Waals surface area (Å²) in [7, 11) is 0. The van der Waals surface area contributed by atoms with Crippen molar-refractivity contribution in [1.82, 2.24) is 5.32 Å². The highest BCUT2D eigenvalue weighted by Crippen LogP contribution is 2.42. The number of hydrogen-bond donors (Lipinski definition) is 2. The number of carbonyl (C=O) groups is 1. The Morgan fingerprint density at radius 3 is 2.71 bits per heavy atom. The maximum atomic E-state index is 11.4. The molecule has 1 fully saturated rings. The van der Waals surface area contributed by atoms with E-state index < -0.39 is 12.0 Å². The van der Waals surface area contributed by atoms with E-state index >= 15 is 0 Å². The maximum Gasteiger partial charge on any atom is 0.321 e. The average Bonchev–Trinajstić information content (AvgIpc) is 3.18. The second-order valence-electron chi connectivity index (χ2n) is 6.51. The Morgan fingerprint density at radius 1 is 1.14 bits per heavy atom. The number of nitrogens with one attached hydrogen (secondary N) is 1. The number of benzene rings is 3. The zero-order chi connectivity index (χ0) is 19.7. The molecule has 0 bridgehead atoms. The summed E-state index contributed by atoms with van der Waals surface area (Å²) in [4.78, 5) is 11.4. The molecule has 4 nitrogen and oxygen atoms in total. The lowest BCUT2D eigenvalue weighted by Crippen LogP contribution is -2.33. The molecule has 144 valence electrons. The van der Waals surface area contributed by atoms with Crippen LogP contribution in [-0.4, -0.2) is 22.9 Å². The van der Waals surface area contributed by atoms with E-state index in [9.17, 15) is 9.90 Å². The molecule has 2 atom stereocenters. The first kappa shape index (κ1) is 19.4. The normalized spacial score (nSPS) is 19.1. The Bertz CT molecular complexity index is 1040. The van der Waals surface area contributed by atoms with Crippen molar-refractivity contribution in [3.63, 3.8) is 0 Å². The van der Waals surface area contributed by atoms with Crippen molar-refractivity contribution in [1.29, 1.82) is 0 Å². The third-order valence-corrected chi connectivity index (χ3v) is 6.62. The summed E-state index contributed by atoms with van der Waals surface area (Å²) < 4.78 is 6.13. The molecule has 0 aliphatic carbocycles. The van der Waals surface area contributed by atoms with E-state index in [1.165, 1.54) is 0 Å². The van der Waals surface area contributed by atoms with E-state index in [0.29, 0.717) is 22.4 Å². The average molecular weight is 434 g/mol. The number of thioether (sulfide) groups is 1. The first-order valence-electron chi connectivity index (χ1n) is 8.72. The summed E-state index contributed by atoms with van der Waals surface area (Å²) in [6.45, 7) is 0.335. The van der Waals surface area contributed by atoms with Crippen molar-refractivity contribution in [3.05, 3.63) is 75.8 Å². The number of carboxylic acid groups (broad SMARTS) is 1. The zero-order valence-electron chi connectivity index (χ0n) is 14.7. The lowest BCUT2D eigenvalue weighted by molar-refractivity contribution is -0.138. The largest absolute Gasteiger partial charge is 0.489 e. The van der Waals surface area contributed by atoms with E-state index in [0.717, 1.165) is 27.6 Å². The zero-order valence-corrected chi connectivity index (χ0v) is 17.0. The SMILES string of the molecule is O=C(O)C1CSC(c2c(OCc3ccc(Cl)c(Cl)c3)ccc3ccccc23)N1. The van der Waals surface area contributed by atoms with Gasteiger partial charge in [-0.15, -0.1) is 11.8 Å². The van der Waals surface area contributed by atoms with Crippen LogP contribution in [0, 0.1) is 0 Å². The smallest absolute Gasteiger partial charge is 0.321 e. The van der Waals surface area contributed by atoms with E-state index in [1.807, 2.05) is 42.5 Å². The Morgan fingerprint density at radius 2 is 1.96 bits per heavy atom. The number of rotatable bonds is 5. The van der Waals surface area contributed by atoms with Crippen LogP contribution in [0.4, 0.5) is 0 Å². The van der Waals surface area contributed by atoms with Gasteiger partial charge < -0.3 is 9.84 Å². The van der Waals surface area contributed by atoms with Crippen LogP contribution in [0.1, 0.15) is 16.5 Å². The Hall–Kier alpha value is -1.92. The van der Waals surface area contributed by atoms with Gasteiger partial charge >= 0.3 is 5.97 Å². The Kier molecular flexibility index (Phi) is 5.69. The molecule has 3 aromatic rings. The van der Waals surface area contributed by atoms with E-state index in [-0.39, 0.29) is 5.37 Å². The van der Waals surface area contributed by atoms with Gasteiger partial charge in [0.15, 0.2) is 0 Å². The molecule has 1 heterocycles. The fourth-order valence-electron chi connectivity index (χ4n) is 3.24. The van der Waals surface area contributed by atoms with Gasteiger partial charge in [0.1, 0.15) is 18.4 Å². The van der Waals surface area contributed by atoms with Gasteiger partial charge in [-0.3, -0.25) is 10.1 Å². The molecular formula is C21H17Cl2NO3S. The topological polar surface area (TPSA) is 58.6 Å². The van der Waals surface area contributed by atoms with Crippen molar-refractivity contribution in [2.24, 2.45) is 0 Å². The molecule has 4 rings (SSSR count). The van der Waals surface area contributed by atoms with Crippen LogP contribution < -0.4 is 10.1 Å². The number of halogens is 2. The molecule has 1 saturated heterocycles. The highest BCUT2D eigenvalue weighted by atomic mass is 35.5. The van der Waals surface area contributed by atoms with Crippen molar-refractivity contribution in [3.8, 4) is 5.75 Å². The van der Waals surface area contributed by atoms with Crippen LogP contribution in [-0.2, 0) is 11.4 Å². The number of hydrogen-bond acceptors (Lipinski definition) is 4. The minimum Gasteiger partial charge on any atom is -0.489 e. The molecule has 0 saturated carbocycles. The van der Waals surface area contributed by atoms with E-state index in [4.69, 9.17) is 27.9 Å². The Balaban J connectivity index is 1.67. The van der Waals surface area contributed by atoms with Crippen LogP contribution in [0.2, 0.25) is 10.0 Å². The second kappa shape index (κ2) is 8.21. The highest BCUT2D eigenvalue weighted by Gasteiger charge is 2.33. The van der Waals surface area contributed by atoms with Crippen molar-refractivity contribution < 1.29 is 14.6 Å². The minimum atomic E-state index is -0.839. The Labute approximate surface area is 176 Å². The molecule has 0 aromatic heterocycles. The van der Waals surface area contributed by atoms with Gasteiger partial charge in [0.2, 0.25) is 0 Å². The first-order valence-corrected chi connectivity index (χ1v) is 10.5. The third kappa shape index (κ3) is 3.94. The highest BCUT2D eigenvalue weighted by molar-refractivity contribution is 7.99. The monoisotopic (exact) mass is 433 g/mol. The van der Waals surface area contributed by atoms with Gasteiger partial charge in [-0.2, -0.15) is 0 Å². The van der Waals surface area contributed by atoms with Crippen LogP contribution in [0.15, 0.2) is 54.6 Å². The summed E-state index contributed by atoms with van der Waals surface area (Å²) >= 11 is 13.7.